The van der Waals surface area contributed by atoms with Gasteiger partial charge in [-0.25, -0.2) is 15.0 Å². The highest BCUT2D eigenvalue weighted by Crippen LogP contribution is 2.44. The Bertz CT molecular complexity index is 1560. The summed E-state index contributed by atoms with van der Waals surface area (Å²) in [5.74, 6) is -0.305. The van der Waals surface area contributed by atoms with Crippen molar-refractivity contribution in [2.45, 2.75) is 58.1 Å². The summed E-state index contributed by atoms with van der Waals surface area (Å²) in [7, 11) is 0. The van der Waals surface area contributed by atoms with Crippen LogP contribution in [0.2, 0.25) is 0 Å². The van der Waals surface area contributed by atoms with E-state index < -0.39 is 29.7 Å². The Hall–Kier alpha value is -5.39. The summed E-state index contributed by atoms with van der Waals surface area (Å²) in [6, 6.07) is 21.8. The van der Waals surface area contributed by atoms with Crippen LogP contribution in [0, 0.1) is 0 Å². The first kappa shape index (κ1) is 35.5. The molecule has 254 valence electrons. The van der Waals surface area contributed by atoms with Gasteiger partial charge in [0.25, 0.3) is 5.91 Å². The van der Waals surface area contributed by atoms with Crippen molar-refractivity contribution in [3.05, 3.63) is 89.5 Å². The average Bonchev–Trinajstić information content (AvgIpc) is 3.36. The van der Waals surface area contributed by atoms with Crippen LogP contribution in [-0.4, -0.2) is 68.2 Å². The zero-order valence-electron chi connectivity index (χ0n) is 27.7. The molecule has 4 amide bonds. The van der Waals surface area contributed by atoms with E-state index in [-0.39, 0.29) is 31.5 Å². The second kappa shape index (κ2) is 17.0. The zero-order chi connectivity index (χ0) is 34.5. The third-order valence-corrected chi connectivity index (χ3v) is 7.24. The number of carbonyl (C=O) groups excluding carboxylic acids is 4. The van der Waals surface area contributed by atoms with Crippen molar-refractivity contribution in [1.29, 1.82) is 0 Å². The van der Waals surface area contributed by atoms with Gasteiger partial charge in [-0.15, -0.1) is 0 Å². The normalized spacial score (nSPS) is 12.8. The summed E-state index contributed by atoms with van der Waals surface area (Å²) in [5.41, 5.74) is 6.96. The molecule has 0 heterocycles. The maximum absolute atomic E-state index is 12.9. The largest absolute Gasteiger partial charge is 0.484 e. The molecule has 1 aliphatic carbocycles. The van der Waals surface area contributed by atoms with Gasteiger partial charge in [0.1, 0.15) is 18.0 Å². The van der Waals surface area contributed by atoms with Crippen molar-refractivity contribution in [2.24, 2.45) is 5.10 Å². The first-order valence-electron chi connectivity index (χ1n) is 15.9. The number of ether oxygens (including phenoxy) is 3. The smallest absolute Gasteiger partial charge is 0.407 e. The number of rotatable bonds is 14. The van der Waals surface area contributed by atoms with Gasteiger partial charge in [0.05, 0.1) is 12.5 Å². The maximum Gasteiger partial charge on any atom is 0.407 e. The zero-order valence-corrected chi connectivity index (χ0v) is 27.7. The van der Waals surface area contributed by atoms with Gasteiger partial charge < -0.3 is 30.2 Å². The molecule has 0 fully saturated rings. The molecule has 0 radical (unpaired) electrons. The molecule has 0 aromatic heterocycles. The monoisotopic (exact) mass is 657 g/mol. The summed E-state index contributed by atoms with van der Waals surface area (Å²) in [4.78, 5) is 49.4. The van der Waals surface area contributed by atoms with Gasteiger partial charge in [0.2, 0.25) is 0 Å². The number of hydrazone groups is 1. The molecule has 0 aliphatic heterocycles. The number of hydrogen-bond donors (Lipinski definition) is 4. The van der Waals surface area contributed by atoms with Crippen LogP contribution >= 0.6 is 0 Å². The van der Waals surface area contributed by atoms with E-state index in [0.29, 0.717) is 25.3 Å². The van der Waals surface area contributed by atoms with Gasteiger partial charge in [0, 0.05) is 25.2 Å². The third kappa shape index (κ3) is 10.9. The summed E-state index contributed by atoms with van der Waals surface area (Å²) < 4.78 is 16.5. The molecule has 0 unspecified atom stereocenters. The van der Waals surface area contributed by atoms with E-state index in [1.165, 1.54) is 6.21 Å². The topological polar surface area (TPSA) is 156 Å². The number of hydrogen-bond acceptors (Lipinski definition) is 8. The molecule has 1 atom stereocenters. The summed E-state index contributed by atoms with van der Waals surface area (Å²) in [5, 5.41) is 12.0. The number of urea groups is 1. The van der Waals surface area contributed by atoms with Crippen molar-refractivity contribution in [3.8, 4) is 16.9 Å². The minimum absolute atomic E-state index is 0.0602. The number of esters is 1. The molecular weight excluding hydrogens is 614 g/mol. The van der Waals surface area contributed by atoms with Gasteiger partial charge in [0.15, 0.2) is 6.61 Å². The first-order chi connectivity index (χ1) is 23.0. The standard InChI is InChI=1S/C36H43N5O7/c1-5-37-32(42)23-46-26-16-14-24(15-17-26)18-19-38-34(44)41-39-21-25(20-33(43)48-36(2,3)4)40-35(45)47-22-31-29-12-8-6-10-27(29)28-11-7-9-13-30(28)31/h6-17,21,25,31H,5,18-20,22-23H2,1-4H3,(H,37,42)(H,40,45)(H2,38,41,44)/b39-21+/t25-/m0/s1. The van der Waals surface area contributed by atoms with Crippen molar-refractivity contribution < 1.29 is 33.4 Å². The van der Waals surface area contributed by atoms with E-state index in [2.05, 4.69) is 38.6 Å². The van der Waals surface area contributed by atoms with Crippen LogP contribution in [0.3, 0.4) is 0 Å². The minimum Gasteiger partial charge on any atom is -0.484 e. The number of nitrogens with one attached hydrogen (secondary N) is 4. The number of nitrogens with zero attached hydrogens (tertiary/aromatic N) is 1. The predicted octanol–water partition coefficient (Wildman–Crippen LogP) is 4.67. The lowest BCUT2D eigenvalue weighted by atomic mass is 9.98. The fourth-order valence-electron chi connectivity index (χ4n) is 5.19. The minimum atomic E-state index is -0.912. The number of benzene rings is 3. The van der Waals surface area contributed by atoms with E-state index >= 15 is 0 Å². The molecule has 4 rings (SSSR count). The number of alkyl carbamates (subject to hydrolysis) is 1. The van der Waals surface area contributed by atoms with Crippen molar-refractivity contribution in [3.63, 3.8) is 0 Å². The van der Waals surface area contributed by atoms with Gasteiger partial charge in [-0.3, -0.25) is 9.59 Å². The summed E-state index contributed by atoms with van der Waals surface area (Å²) >= 11 is 0. The Labute approximate surface area is 280 Å². The summed E-state index contributed by atoms with van der Waals surface area (Å²) in [6.45, 7) is 7.97. The van der Waals surface area contributed by atoms with Crippen LogP contribution in [0.1, 0.15) is 56.7 Å². The SMILES string of the molecule is CCNC(=O)COc1ccc(CCNC(=O)N/N=C/[C@H](CC(=O)OC(C)(C)C)NC(=O)OCC2c3ccccc3-c3ccccc32)cc1. The molecule has 0 saturated carbocycles. The molecule has 3 aromatic rings. The Kier molecular flexibility index (Phi) is 12.5. The van der Waals surface area contributed by atoms with Crippen LogP contribution in [0.5, 0.6) is 5.75 Å². The quantitative estimate of drug-likeness (QED) is 0.112. The predicted molar refractivity (Wildman–Crippen MR) is 182 cm³/mol. The fourth-order valence-corrected chi connectivity index (χ4v) is 5.19. The molecule has 48 heavy (non-hydrogen) atoms. The van der Waals surface area contributed by atoms with Crippen LogP contribution < -0.4 is 26.1 Å². The number of amides is 4. The highest BCUT2D eigenvalue weighted by atomic mass is 16.6. The lowest BCUT2D eigenvalue weighted by Gasteiger charge is -2.21. The van der Waals surface area contributed by atoms with Crippen molar-refractivity contribution >= 4 is 30.2 Å². The molecule has 3 aromatic carbocycles. The lowest BCUT2D eigenvalue weighted by Crippen LogP contribution is -2.41. The van der Waals surface area contributed by atoms with E-state index in [0.717, 1.165) is 27.8 Å². The number of fused-ring (bicyclic) bond motifs is 3. The molecule has 0 spiro atoms. The van der Waals surface area contributed by atoms with Crippen LogP contribution in [0.25, 0.3) is 11.1 Å². The highest BCUT2D eigenvalue weighted by Gasteiger charge is 2.29. The van der Waals surface area contributed by atoms with Gasteiger partial charge >= 0.3 is 18.1 Å². The Balaban J connectivity index is 1.27. The maximum atomic E-state index is 12.9. The van der Waals surface area contributed by atoms with Crippen LogP contribution in [0.4, 0.5) is 9.59 Å². The molecule has 1 aliphatic rings. The van der Waals surface area contributed by atoms with Crippen molar-refractivity contribution in [1.82, 2.24) is 21.4 Å². The molecule has 0 saturated heterocycles. The second-order valence-corrected chi connectivity index (χ2v) is 12.1. The summed E-state index contributed by atoms with van der Waals surface area (Å²) in [6.07, 6.45) is 0.835. The van der Waals surface area contributed by atoms with Gasteiger partial charge in [-0.05, 0) is 74.1 Å². The third-order valence-electron chi connectivity index (χ3n) is 7.24. The average molecular weight is 658 g/mol. The molecule has 0 bridgehead atoms. The number of likely N-dealkylation sites (N-methyl/N-ethyl adjacent to an activating group) is 1. The number of carbonyl (C=O) groups is 4. The van der Waals surface area contributed by atoms with Crippen LogP contribution in [-0.2, 0) is 25.5 Å². The second-order valence-electron chi connectivity index (χ2n) is 12.1. The molecule has 4 N–H and O–H groups in total. The Morgan fingerprint density at radius 3 is 2.17 bits per heavy atom. The highest BCUT2D eigenvalue weighted by molar-refractivity contribution is 5.83. The molecule has 12 heteroatoms. The Morgan fingerprint density at radius 2 is 1.54 bits per heavy atom. The van der Waals surface area contributed by atoms with E-state index in [1.807, 2.05) is 55.5 Å². The molecule has 12 nitrogen and oxygen atoms in total. The van der Waals surface area contributed by atoms with E-state index in [1.54, 1.807) is 32.9 Å². The molecular formula is C36H43N5O7. The van der Waals surface area contributed by atoms with Gasteiger partial charge in [-0.1, -0.05) is 60.7 Å². The van der Waals surface area contributed by atoms with E-state index in [9.17, 15) is 19.2 Å². The lowest BCUT2D eigenvalue weighted by molar-refractivity contribution is -0.154. The Morgan fingerprint density at radius 1 is 0.896 bits per heavy atom. The first-order valence-corrected chi connectivity index (χ1v) is 15.9. The van der Waals surface area contributed by atoms with E-state index in [4.69, 9.17) is 14.2 Å². The van der Waals surface area contributed by atoms with Crippen molar-refractivity contribution in [2.75, 3.05) is 26.3 Å². The van der Waals surface area contributed by atoms with Gasteiger partial charge in [-0.2, -0.15) is 5.10 Å². The van der Waals surface area contributed by atoms with Crippen LogP contribution in [0.15, 0.2) is 77.9 Å². The fraction of sp³-hybridized carbons (Fsp3) is 0.361.